The first kappa shape index (κ1) is 13.0. The molecule has 0 amide bonds. The molecular weight excluding hydrogens is 327 g/mol. The molecule has 2 rings (SSSR count). The highest BCUT2D eigenvalue weighted by Crippen LogP contribution is 2.25. The molecule has 3 nitrogen and oxygen atoms in total. The molecule has 0 aromatic heterocycles. The number of rotatable bonds is 3. The van der Waals surface area contributed by atoms with Crippen molar-refractivity contribution in [3.05, 3.63) is 21.8 Å². The molecule has 1 fully saturated rings. The number of anilines is 1. The van der Waals surface area contributed by atoms with Crippen LogP contribution in [-0.4, -0.2) is 38.2 Å². The maximum atomic E-state index is 5.26. The quantitative estimate of drug-likeness (QED) is 0.852. The normalized spacial score (nSPS) is 18.1. The molecule has 1 aromatic carbocycles. The van der Waals surface area contributed by atoms with Gasteiger partial charge in [-0.15, -0.1) is 0 Å². The Kier molecular flexibility index (Phi) is 4.50. The molecule has 1 aliphatic heterocycles. The SMILES string of the molecule is COc1ccc(NC2CCN(C)CC2)cc1I. The fraction of sp³-hybridized carbons (Fsp3) is 0.538. The Hall–Kier alpha value is -0.490. The van der Waals surface area contributed by atoms with Gasteiger partial charge in [-0.3, -0.25) is 0 Å². The first-order chi connectivity index (χ1) is 8.19. The number of methoxy groups -OCH3 is 1. The lowest BCUT2D eigenvalue weighted by molar-refractivity contribution is 0.264. The number of benzene rings is 1. The lowest BCUT2D eigenvalue weighted by Gasteiger charge is -2.30. The van der Waals surface area contributed by atoms with Crippen molar-refractivity contribution in [1.29, 1.82) is 0 Å². The van der Waals surface area contributed by atoms with Crippen LogP contribution in [0.3, 0.4) is 0 Å². The molecule has 1 aromatic rings. The summed E-state index contributed by atoms with van der Waals surface area (Å²) in [4.78, 5) is 2.38. The zero-order chi connectivity index (χ0) is 12.3. The molecule has 0 aliphatic carbocycles. The number of nitrogens with zero attached hydrogens (tertiary/aromatic N) is 1. The van der Waals surface area contributed by atoms with Crippen molar-refractivity contribution in [2.24, 2.45) is 0 Å². The minimum Gasteiger partial charge on any atom is -0.496 e. The summed E-state index contributed by atoms with van der Waals surface area (Å²) in [6.07, 6.45) is 2.44. The van der Waals surface area contributed by atoms with Crippen molar-refractivity contribution >= 4 is 28.3 Å². The van der Waals surface area contributed by atoms with Crippen molar-refractivity contribution in [3.8, 4) is 5.75 Å². The van der Waals surface area contributed by atoms with Gasteiger partial charge in [0.2, 0.25) is 0 Å². The van der Waals surface area contributed by atoms with E-state index in [0.717, 1.165) is 9.32 Å². The summed E-state index contributed by atoms with van der Waals surface area (Å²) in [5.41, 5.74) is 1.20. The van der Waals surface area contributed by atoms with Crippen molar-refractivity contribution in [3.63, 3.8) is 0 Å². The van der Waals surface area contributed by atoms with Gasteiger partial charge < -0.3 is 15.0 Å². The highest BCUT2D eigenvalue weighted by Gasteiger charge is 2.16. The molecule has 17 heavy (non-hydrogen) atoms. The third kappa shape index (κ3) is 3.48. The highest BCUT2D eigenvalue weighted by atomic mass is 127. The summed E-state index contributed by atoms with van der Waals surface area (Å²) in [6, 6.07) is 6.88. The van der Waals surface area contributed by atoms with Crippen LogP contribution in [0.5, 0.6) is 5.75 Å². The second kappa shape index (κ2) is 5.91. The molecule has 4 heteroatoms. The Morgan fingerprint density at radius 2 is 2.06 bits per heavy atom. The smallest absolute Gasteiger partial charge is 0.132 e. The minimum atomic E-state index is 0.607. The number of hydrogen-bond donors (Lipinski definition) is 1. The van der Waals surface area contributed by atoms with E-state index in [-0.39, 0.29) is 0 Å². The van der Waals surface area contributed by atoms with Crippen LogP contribution < -0.4 is 10.1 Å². The molecule has 1 heterocycles. The molecule has 1 N–H and O–H groups in total. The number of nitrogens with one attached hydrogen (secondary N) is 1. The zero-order valence-corrected chi connectivity index (χ0v) is 12.5. The van der Waals surface area contributed by atoms with Gasteiger partial charge in [0.05, 0.1) is 10.7 Å². The van der Waals surface area contributed by atoms with Gasteiger partial charge in [-0.25, -0.2) is 0 Å². The van der Waals surface area contributed by atoms with Crippen LogP contribution in [0.4, 0.5) is 5.69 Å². The Balaban J connectivity index is 1.97. The van der Waals surface area contributed by atoms with Gasteiger partial charge >= 0.3 is 0 Å². The van der Waals surface area contributed by atoms with Crippen molar-refractivity contribution in [2.45, 2.75) is 18.9 Å². The average molecular weight is 346 g/mol. The molecule has 94 valence electrons. The topological polar surface area (TPSA) is 24.5 Å². The van der Waals surface area contributed by atoms with Crippen molar-refractivity contribution in [2.75, 3.05) is 32.6 Å². The largest absolute Gasteiger partial charge is 0.496 e. The van der Waals surface area contributed by atoms with E-state index in [9.17, 15) is 0 Å². The lowest BCUT2D eigenvalue weighted by Crippen LogP contribution is -2.36. The highest BCUT2D eigenvalue weighted by molar-refractivity contribution is 14.1. The van der Waals surface area contributed by atoms with Crippen molar-refractivity contribution in [1.82, 2.24) is 4.90 Å². The molecule has 0 unspecified atom stereocenters. The molecule has 0 bridgehead atoms. The average Bonchev–Trinajstić information content (AvgIpc) is 2.32. The first-order valence-corrected chi connectivity index (χ1v) is 7.05. The third-order valence-electron chi connectivity index (χ3n) is 3.24. The summed E-state index contributed by atoms with van der Waals surface area (Å²) < 4.78 is 6.42. The summed E-state index contributed by atoms with van der Waals surface area (Å²) in [6.45, 7) is 2.37. The predicted octanol–water partition coefficient (Wildman–Crippen LogP) is 2.81. The lowest BCUT2D eigenvalue weighted by atomic mass is 10.1. The van der Waals surface area contributed by atoms with Crippen molar-refractivity contribution < 1.29 is 4.74 Å². The Morgan fingerprint density at radius 1 is 1.35 bits per heavy atom. The molecule has 0 atom stereocenters. The molecule has 1 saturated heterocycles. The number of halogens is 1. The van der Waals surface area contributed by atoms with Crippen LogP contribution in [-0.2, 0) is 0 Å². The van der Waals surface area contributed by atoms with Crippen LogP contribution in [0.15, 0.2) is 18.2 Å². The second-order valence-corrected chi connectivity index (χ2v) is 5.73. The minimum absolute atomic E-state index is 0.607. The van der Waals surface area contributed by atoms with Gasteiger partial charge in [0, 0.05) is 11.7 Å². The van der Waals surface area contributed by atoms with Gasteiger partial charge in [-0.1, -0.05) is 0 Å². The van der Waals surface area contributed by atoms with E-state index < -0.39 is 0 Å². The third-order valence-corrected chi connectivity index (χ3v) is 4.08. The Bertz CT molecular complexity index is 376. The number of piperidine rings is 1. The number of ether oxygens (including phenoxy) is 1. The van der Waals surface area contributed by atoms with E-state index in [0.29, 0.717) is 6.04 Å². The van der Waals surface area contributed by atoms with Gasteiger partial charge in [-0.05, 0) is 73.8 Å². The summed E-state index contributed by atoms with van der Waals surface area (Å²) >= 11 is 2.31. The van der Waals surface area contributed by atoms with E-state index in [1.165, 1.54) is 31.6 Å². The van der Waals surface area contributed by atoms with Crippen LogP contribution >= 0.6 is 22.6 Å². The number of hydrogen-bond acceptors (Lipinski definition) is 3. The van der Waals surface area contributed by atoms with E-state index in [1.54, 1.807) is 7.11 Å². The molecule has 1 aliphatic rings. The van der Waals surface area contributed by atoms with Gasteiger partial charge in [0.25, 0.3) is 0 Å². The molecule has 0 spiro atoms. The second-order valence-electron chi connectivity index (χ2n) is 4.57. The van der Waals surface area contributed by atoms with Crippen LogP contribution in [0.1, 0.15) is 12.8 Å². The van der Waals surface area contributed by atoms with Gasteiger partial charge in [0.1, 0.15) is 5.75 Å². The zero-order valence-electron chi connectivity index (χ0n) is 10.4. The van der Waals surface area contributed by atoms with E-state index in [1.807, 2.05) is 6.07 Å². The van der Waals surface area contributed by atoms with E-state index >= 15 is 0 Å². The fourth-order valence-corrected chi connectivity index (χ4v) is 2.88. The monoisotopic (exact) mass is 346 g/mol. The molecular formula is C13H19IN2O. The summed E-state index contributed by atoms with van der Waals surface area (Å²) in [7, 11) is 3.90. The van der Waals surface area contributed by atoms with E-state index in [4.69, 9.17) is 4.74 Å². The van der Waals surface area contributed by atoms with Crippen LogP contribution in [0.2, 0.25) is 0 Å². The number of likely N-dealkylation sites (tertiary alicyclic amines) is 1. The fourth-order valence-electron chi connectivity index (χ4n) is 2.14. The summed E-state index contributed by atoms with van der Waals surface area (Å²) in [5.74, 6) is 0.944. The Morgan fingerprint density at radius 3 is 2.65 bits per heavy atom. The maximum absolute atomic E-state index is 5.26. The standard InChI is InChI=1S/C13H19IN2O/c1-16-7-5-10(6-8-16)15-11-3-4-13(17-2)12(14)9-11/h3-4,9-10,15H,5-8H2,1-2H3. The van der Waals surface area contributed by atoms with Crippen LogP contribution in [0.25, 0.3) is 0 Å². The van der Waals surface area contributed by atoms with E-state index in [2.05, 4.69) is 52.0 Å². The Labute approximate surface area is 117 Å². The summed E-state index contributed by atoms with van der Waals surface area (Å²) in [5, 5.41) is 3.61. The van der Waals surface area contributed by atoms with Gasteiger partial charge in [-0.2, -0.15) is 0 Å². The first-order valence-electron chi connectivity index (χ1n) is 5.97. The molecule has 0 saturated carbocycles. The van der Waals surface area contributed by atoms with Gasteiger partial charge in [0.15, 0.2) is 0 Å². The van der Waals surface area contributed by atoms with Crippen LogP contribution in [0, 0.1) is 3.57 Å². The molecule has 0 radical (unpaired) electrons. The predicted molar refractivity (Wildman–Crippen MR) is 79.9 cm³/mol. The maximum Gasteiger partial charge on any atom is 0.132 e.